The van der Waals surface area contributed by atoms with Crippen molar-refractivity contribution >= 4 is 17.7 Å². The number of aliphatic hydroxyl groups is 1. The van der Waals surface area contributed by atoms with Gasteiger partial charge in [-0.1, -0.05) is 26.7 Å². The number of hydrogen-bond donors (Lipinski definition) is 2. The average Bonchev–Trinajstić information content (AvgIpc) is 2.76. The highest BCUT2D eigenvalue weighted by Gasteiger charge is 2.37. The van der Waals surface area contributed by atoms with Crippen LogP contribution in [0.25, 0.3) is 0 Å². The third-order valence-electron chi connectivity index (χ3n) is 3.76. The highest BCUT2D eigenvalue weighted by Crippen LogP contribution is 2.37. The van der Waals surface area contributed by atoms with Crippen molar-refractivity contribution < 1.29 is 9.90 Å². The molecule has 17 heavy (non-hydrogen) atoms. The van der Waals surface area contributed by atoms with Crippen molar-refractivity contribution in [3.05, 3.63) is 0 Å². The Morgan fingerprint density at radius 1 is 1.47 bits per heavy atom. The van der Waals surface area contributed by atoms with Crippen LogP contribution in [0, 0.1) is 5.92 Å². The molecule has 1 fully saturated rings. The van der Waals surface area contributed by atoms with Crippen LogP contribution in [0.2, 0.25) is 0 Å². The molecule has 1 aliphatic rings. The molecule has 100 valence electrons. The van der Waals surface area contributed by atoms with E-state index in [4.69, 9.17) is 0 Å². The second kappa shape index (κ2) is 6.64. The van der Waals surface area contributed by atoms with Gasteiger partial charge in [-0.2, -0.15) is 0 Å². The first kappa shape index (κ1) is 14.8. The molecule has 3 nitrogen and oxygen atoms in total. The van der Waals surface area contributed by atoms with Gasteiger partial charge in [-0.25, -0.2) is 0 Å². The molecule has 0 aliphatic carbocycles. The van der Waals surface area contributed by atoms with Crippen LogP contribution in [-0.4, -0.2) is 34.2 Å². The standard InChI is InChI=1S/C13H25NO2S/c1-4-10(5-2)11(15)9-14-12(16)13(3)7-6-8-17-13/h10-11,15H,4-9H2,1-3H3,(H,14,16). The molecule has 0 aromatic carbocycles. The molecule has 2 atom stereocenters. The van der Waals surface area contributed by atoms with Crippen molar-refractivity contribution in [1.29, 1.82) is 0 Å². The van der Waals surface area contributed by atoms with E-state index >= 15 is 0 Å². The summed E-state index contributed by atoms with van der Waals surface area (Å²) >= 11 is 1.73. The van der Waals surface area contributed by atoms with Gasteiger partial charge in [-0.15, -0.1) is 11.8 Å². The van der Waals surface area contributed by atoms with Gasteiger partial charge in [0.15, 0.2) is 0 Å². The van der Waals surface area contributed by atoms with E-state index in [0.29, 0.717) is 12.5 Å². The van der Waals surface area contributed by atoms with Crippen molar-refractivity contribution in [2.45, 2.75) is 57.3 Å². The van der Waals surface area contributed by atoms with Crippen molar-refractivity contribution in [3.63, 3.8) is 0 Å². The zero-order valence-electron chi connectivity index (χ0n) is 11.2. The summed E-state index contributed by atoms with van der Waals surface area (Å²) in [5, 5.41) is 12.9. The number of rotatable bonds is 6. The fraction of sp³-hybridized carbons (Fsp3) is 0.923. The first-order valence-electron chi connectivity index (χ1n) is 6.63. The molecule has 1 saturated heterocycles. The molecule has 0 radical (unpaired) electrons. The zero-order valence-corrected chi connectivity index (χ0v) is 12.0. The van der Waals surface area contributed by atoms with Gasteiger partial charge < -0.3 is 10.4 Å². The van der Waals surface area contributed by atoms with Crippen LogP contribution < -0.4 is 5.32 Å². The molecule has 0 bridgehead atoms. The Kier molecular flexibility index (Phi) is 5.80. The molecular formula is C13H25NO2S. The van der Waals surface area contributed by atoms with Crippen molar-refractivity contribution in [1.82, 2.24) is 5.32 Å². The van der Waals surface area contributed by atoms with Gasteiger partial charge in [0.2, 0.25) is 5.91 Å². The number of amides is 1. The van der Waals surface area contributed by atoms with Crippen molar-refractivity contribution in [3.8, 4) is 0 Å². The van der Waals surface area contributed by atoms with E-state index < -0.39 is 6.10 Å². The number of hydrogen-bond acceptors (Lipinski definition) is 3. The molecule has 2 N–H and O–H groups in total. The minimum absolute atomic E-state index is 0.0880. The largest absolute Gasteiger partial charge is 0.391 e. The summed E-state index contributed by atoms with van der Waals surface area (Å²) in [6.45, 7) is 6.55. The van der Waals surface area contributed by atoms with E-state index in [1.54, 1.807) is 11.8 Å². The zero-order chi connectivity index (χ0) is 12.9. The van der Waals surface area contributed by atoms with Gasteiger partial charge in [0.25, 0.3) is 0 Å². The van der Waals surface area contributed by atoms with Crippen LogP contribution in [0.1, 0.15) is 46.5 Å². The fourth-order valence-corrected chi connectivity index (χ4v) is 3.57. The van der Waals surface area contributed by atoms with Crippen LogP contribution in [0.3, 0.4) is 0 Å². The van der Waals surface area contributed by atoms with Crippen LogP contribution >= 0.6 is 11.8 Å². The molecule has 0 spiro atoms. The van der Waals surface area contributed by atoms with Crippen molar-refractivity contribution in [2.75, 3.05) is 12.3 Å². The Morgan fingerprint density at radius 2 is 2.12 bits per heavy atom. The maximum absolute atomic E-state index is 12.0. The molecule has 0 saturated carbocycles. The molecular weight excluding hydrogens is 234 g/mol. The summed E-state index contributed by atoms with van der Waals surface area (Å²) in [4.78, 5) is 12.0. The summed E-state index contributed by atoms with van der Waals surface area (Å²) in [5.41, 5.74) is 0. The van der Waals surface area contributed by atoms with E-state index in [1.165, 1.54) is 0 Å². The van der Waals surface area contributed by atoms with Gasteiger partial charge in [-0.05, 0) is 31.4 Å². The Balaban J connectivity index is 2.37. The third kappa shape index (κ3) is 3.88. The molecule has 2 unspecified atom stereocenters. The lowest BCUT2D eigenvalue weighted by molar-refractivity contribution is -0.123. The van der Waals surface area contributed by atoms with Crippen LogP contribution in [0.4, 0.5) is 0 Å². The van der Waals surface area contributed by atoms with Gasteiger partial charge in [0.05, 0.1) is 10.9 Å². The molecule has 1 heterocycles. The Morgan fingerprint density at radius 3 is 2.59 bits per heavy atom. The van der Waals surface area contributed by atoms with E-state index in [1.807, 2.05) is 6.92 Å². The number of nitrogens with one attached hydrogen (secondary N) is 1. The summed E-state index contributed by atoms with van der Waals surface area (Å²) in [6, 6.07) is 0. The lowest BCUT2D eigenvalue weighted by atomic mass is 9.96. The Hall–Kier alpha value is -0.220. The number of carbonyl (C=O) groups excluding carboxylic acids is 1. The van der Waals surface area contributed by atoms with Crippen LogP contribution in [0.5, 0.6) is 0 Å². The molecule has 1 aliphatic heterocycles. The Labute approximate surface area is 109 Å². The minimum Gasteiger partial charge on any atom is -0.391 e. The smallest absolute Gasteiger partial charge is 0.236 e. The first-order valence-corrected chi connectivity index (χ1v) is 7.62. The molecule has 0 aromatic heterocycles. The fourth-order valence-electron chi connectivity index (χ4n) is 2.34. The van der Waals surface area contributed by atoms with Gasteiger partial charge in [0, 0.05) is 6.54 Å². The molecule has 4 heteroatoms. The molecule has 1 amide bonds. The van der Waals surface area contributed by atoms with E-state index in [9.17, 15) is 9.90 Å². The maximum atomic E-state index is 12.0. The number of thioether (sulfide) groups is 1. The summed E-state index contributed by atoms with van der Waals surface area (Å²) < 4.78 is -0.270. The monoisotopic (exact) mass is 259 g/mol. The van der Waals surface area contributed by atoms with E-state index in [-0.39, 0.29) is 10.7 Å². The van der Waals surface area contributed by atoms with E-state index in [0.717, 1.165) is 31.4 Å². The second-order valence-electron chi connectivity index (χ2n) is 5.04. The summed E-state index contributed by atoms with van der Waals surface area (Å²) in [5.74, 6) is 1.45. The van der Waals surface area contributed by atoms with Crippen LogP contribution in [0.15, 0.2) is 0 Å². The lowest BCUT2D eigenvalue weighted by Crippen LogP contribution is -2.44. The quantitative estimate of drug-likeness (QED) is 0.769. The average molecular weight is 259 g/mol. The molecule has 1 rings (SSSR count). The number of carbonyl (C=O) groups is 1. The SMILES string of the molecule is CCC(CC)C(O)CNC(=O)C1(C)CCCS1. The topological polar surface area (TPSA) is 49.3 Å². The highest BCUT2D eigenvalue weighted by atomic mass is 32.2. The maximum Gasteiger partial charge on any atom is 0.236 e. The lowest BCUT2D eigenvalue weighted by Gasteiger charge is -2.25. The third-order valence-corrected chi connectivity index (χ3v) is 5.28. The normalized spacial score (nSPS) is 26.2. The summed E-state index contributed by atoms with van der Waals surface area (Å²) in [7, 11) is 0. The van der Waals surface area contributed by atoms with Crippen LogP contribution in [-0.2, 0) is 4.79 Å². The predicted molar refractivity (Wildman–Crippen MR) is 73.2 cm³/mol. The van der Waals surface area contributed by atoms with Gasteiger partial charge in [0.1, 0.15) is 0 Å². The number of aliphatic hydroxyl groups excluding tert-OH is 1. The summed E-state index contributed by atoms with van der Waals surface area (Å²) in [6.07, 6.45) is 3.57. The van der Waals surface area contributed by atoms with Gasteiger partial charge in [-0.3, -0.25) is 4.79 Å². The second-order valence-corrected chi connectivity index (χ2v) is 6.63. The van der Waals surface area contributed by atoms with Crippen molar-refractivity contribution in [2.24, 2.45) is 5.92 Å². The molecule has 0 aromatic rings. The predicted octanol–water partition coefficient (Wildman–Crippen LogP) is 2.19. The van der Waals surface area contributed by atoms with E-state index in [2.05, 4.69) is 19.2 Å². The Bertz CT molecular complexity index is 248. The minimum atomic E-state index is -0.413. The first-order chi connectivity index (χ1) is 8.03. The highest BCUT2D eigenvalue weighted by molar-refractivity contribution is 8.01. The van der Waals surface area contributed by atoms with Gasteiger partial charge >= 0.3 is 0 Å².